The number of rotatable bonds is 5. The molecule has 2 aromatic rings. The molecule has 116 valence electrons. The first-order valence-corrected chi connectivity index (χ1v) is 7.25. The van der Waals surface area contributed by atoms with Gasteiger partial charge in [0.25, 0.3) is 5.95 Å². The van der Waals surface area contributed by atoms with Crippen LogP contribution in [0.2, 0.25) is 0 Å². The van der Waals surface area contributed by atoms with E-state index in [1.807, 2.05) is 35.8 Å². The van der Waals surface area contributed by atoms with Crippen LogP contribution in [0, 0.1) is 0 Å². The molecular weight excluding hydrogens is 282 g/mol. The molecule has 0 bridgehead atoms. The summed E-state index contributed by atoms with van der Waals surface area (Å²) in [7, 11) is 0. The lowest BCUT2D eigenvalue weighted by molar-refractivity contribution is 0.382. The normalized spacial score (nSPS) is 14.7. The summed E-state index contributed by atoms with van der Waals surface area (Å²) in [6.07, 6.45) is 0. The predicted octanol–water partition coefficient (Wildman–Crippen LogP) is 0.694. The van der Waals surface area contributed by atoms with Crippen LogP contribution in [0.15, 0.2) is 30.3 Å². The molecule has 1 aliphatic heterocycles. The minimum atomic E-state index is 0.138. The largest absolute Gasteiger partial charge is 0.350 e. The third-order valence-electron chi connectivity index (χ3n) is 3.42. The minimum absolute atomic E-state index is 0.138. The molecule has 8 heteroatoms. The number of aromatic nitrogens is 3. The molecule has 2 heterocycles. The van der Waals surface area contributed by atoms with Crippen molar-refractivity contribution in [1.82, 2.24) is 20.3 Å². The van der Waals surface area contributed by atoms with E-state index in [0.717, 1.165) is 31.7 Å². The van der Waals surface area contributed by atoms with Gasteiger partial charge in [-0.3, -0.25) is 5.21 Å². The zero-order chi connectivity index (χ0) is 15.2. The van der Waals surface area contributed by atoms with E-state index in [2.05, 4.69) is 30.5 Å². The quantitative estimate of drug-likeness (QED) is 0.599. The van der Waals surface area contributed by atoms with Crippen molar-refractivity contribution in [1.29, 1.82) is 0 Å². The Morgan fingerprint density at radius 1 is 1.05 bits per heavy atom. The Hall–Kier alpha value is -2.45. The van der Waals surface area contributed by atoms with E-state index in [0.29, 0.717) is 18.4 Å². The molecule has 1 fully saturated rings. The van der Waals surface area contributed by atoms with Crippen molar-refractivity contribution < 1.29 is 5.21 Å². The van der Waals surface area contributed by atoms with Crippen LogP contribution >= 0.6 is 0 Å². The Morgan fingerprint density at radius 2 is 1.77 bits per heavy atom. The summed E-state index contributed by atoms with van der Waals surface area (Å²) in [5.41, 5.74) is 3.13. The molecule has 0 saturated carbocycles. The third-order valence-corrected chi connectivity index (χ3v) is 3.42. The van der Waals surface area contributed by atoms with Crippen molar-refractivity contribution in [2.24, 2.45) is 0 Å². The fourth-order valence-electron chi connectivity index (χ4n) is 2.28. The highest BCUT2D eigenvalue weighted by atomic mass is 16.5. The van der Waals surface area contributed by atoms with Crippen LogP contribution in [0.4, 0.5) is 17.8 Å². The first-order chi connectivity index (χ1) is 10.8. The number of hydrogen-bond donors (Lipinski definition) is 4. The molecule has 1 aliphatic rings. The van der Waals surface area contributed by atoms with E-state index in [9.17, 15) is 0 Å². The lowest BCUT2D eigenvalue weighted by Crippen LogP contribution is -2.44. The van der Waals surface area contributed by atoms with E-state index in [1.165, 1.54) is 0 Å². The van der Waals surface area contributed by atoms with Gasteiger partial charge in [0.2, 0.25) is 11.9 Å². The number of piperazine rings is 1. The summed E-state index contributed by atoms with van der Waals surface area (Å²) in [4.78, 5) is 14.8. The van der Waals surface area contributed by atoms with Crippen molar-refractivity contribution in [3.8, 4) is 0 Å². The van der Waals surface area contributed by atoms with Gasteiger partial charge in [-0.05, 0) is 5.56 Å². The number of hydrogen-bond acceptors (Lipinski definition) is 8. The first-order valence-electron chi connectivity index (χ1n) is 7.25. The molecule has 8 nitrogen and oxygen atoms in total. The van der Waals surface area contributed by atoms with Crippen molar-refractivity contribution in [3.63, 3.8) is 0 Å². The molecule has 0 unspecified atom stereocenters. The van der Waals surface area contributed by atoms with E-state index in [-0.39, 0.29) is 5.95 Å². The molecule has 1 saturated heterocycles. The van der Waals surface area contributed by atoms with Gasteiger partial charge in [-0.2, -0.15) is 15.0 Å². The second-order valence-corrected chi connectivity index (χ2v) is 4.97. The minimum Gasteiger partial charge on any atom is -0.350 e. The molecule has 1 aromatic carbocycles. The number of nitrogens with zero attached hydrogens (tertiary/aromatic N) is 4. The van der Waals surface area contributed by atoms with Gasteiger partial charge in [-0.1, -0.05) is 30.3 Å². The molecule has 3 rings (SSSR count). The van der Waals surface area contributed by atoms with E-state index >= 15 is 0 Å². The summed E-state index contributed by atoms with van der Waals surface area (Å²) in [6, 6.07) is 9.99. The maximum absolute atomic E-state index is 9.11. The highest BCUT2D eigenvalue weighted by Gasteiger charge is 2.15. The summed E-state index contributed by atoms with van der Waals surface area (Å²) in [5, 5.41) is 15.5. The Kier molecular flexibility index (Phi) is 4.62. The van der Waals surface area contributed by atoms with E-state index < -0.39 is 0 Å². The average molecular weight is 301 g/mol. The molecule has 0 radical (unpaired) electrons. The van der Waals surface area contributed by atoms with Crippen LogP contribution in [0.25, 0.3) is 0 Å². The molecule has 0 atom stereocenters. The van der Waals surface area contributed by atoms with Gasteiger partial charge in [0, 0.05) is 32.7 Å². The topological polar surface area (TPSA) is 98.2 Å². The zero-order valence-corrected chi connectivity index (χ0v) is 12.2. The van der Waals surface area contributed by atoms with Crippen LogP contribution in [0.3, 0.4) is 0 Å². The fourth-order valence-corrected chi connectivity index (χ4v) is 2.28. The maximum atomic E-state index is 9.11. The monoisotopic (exact) mass is 301 g/mol. The Morgan fingerprint density at radius 3 is 2.50 bits per heavy atom. The van der Waals surface area contributed by atoms with Gasteiger partial charge in [0.1, 0.15) is 0 Å². The van der Waals surface area contributed by atoms with Crippen LogP contribution in [-0.4, -0.2) is 46.3 Å². The highest BCUT2D eigenvalue weighted by molar-refractivity contribution is 5.43. The molecule has 22 heavy (non-hydrogen) atoms. The average Bonchev–Trinajstić information content (AvgIpc) is 2.61. The van der Waals surface area contributed by atoms with Crippen molar-refractivity contribution in [3.05, 3.63) is 35.9 Å². The third kappa shape index (κ3) is 3.60. The number of benzene rings is 1. The lowest BCUT2D eigenvalue weighted by atomic mass is 10.2. The van der Waals surface area contributed by atoms with Crippen molar-refractivity contribution in [2.75, 3.05) is 41.9 Å². The Balaban J connectivity index is 1.75. The van der Waals surface area contributed by atoms with Crippen molar-refractivity contribution >= 4 is 17.8 Å². The van der Waals surface area contributed by atoms with Gasteiger partial charge in [-0.15, -0.1) is 0 Å². The smallest absolute Gasteiger partial charge is 0.253 e. The SMILES string of the molecule is ONc1nc(NCc2ccccc2)nc(N2CCNCC2)n1. The maximum Gasteiger partial charge on any atom is 0.253 e. The molecule has 0 amide bonds. The molecule has 0 aliphatic carbocycles. The zero-order valence-electron chi connectivity index (χ0n) is 12.2. The fraction of sp³-hybridized carbons (Fsp3) is 0.357. The Labute approximate surface area is 128 Å². The van der Waals surface area contributed by atoms with Gasteiger partial charge in [0.05, 0.1) is 0 Å². The second kappa shape index (κ2) is 7.01. The molecule has 1 aromatic heterocycles. The Bertz CT molecular complexity index is 601. The van der Waals surface area contributed by atoms with Crippen LogP contribution in [-0.2, 0) is 6.54 Å². The van der Waals surface area contributed by atoms with Crippen LogP contribution in [0.1, 0.15) is 5.56 Å². The second-order valence-electron chi connectivity index (χ2n) is 4.97. The summed E-state index contributed by atoms with van der Waals surface area (Å²) < 4.78 is 0. The van der Waals surface area contributed by atoms with Gasteiger partial charge >= 0.3 is 0 Å². The lowest BCUT2D eigenvalue weighted by Gasteiger charge is -2.27. The van der Waals surface area contributed by atoms with Crippen LogP contribution < -0.4 is 21.0 Å². The van der Waals surface area contributed by atoms with Gasteiger partial charge < -0.3 is 15.5 Å². The summed E-state index contributed by atoms with van der Waals surface area (Å²) in [6.45, 7) is 4.04. The standard InChI is InChI=1S/C14H19N7O/c22-20-13-17-12(16-10-11-4-2-1-3-5-11)18-14(19-13)21-8-6-15-7-9-21/h1-5,15,22H,6-10H2,(H2,16,17,18,19,20). The van der Waals surface area contributed by atoms with E-state index in [1.54, 1.807) is 0 Å². The summed E-state index contributed by atoms with van der Waals surface area (Å²) >= 11 is 0. The first kappa shape index (κ1) is 14.5. The number of anilines is 3. The van der Waals surface area contributed by atoms with E-state index in [4.69, 9.17) is 5.21 Å². The van der Waals surface area contributed by atoms with Crippen molar-refractivity contribution in [2.45, 2.75) is 6.54 Å². The van der Waals surface area contributed by atoms with Crippen LogP contribution in [0.5, 0.6) is 0 Å². The summed E-state index contributed by atoms with van der Waals surface area (Å²) in [5.74, 6) is 1.13. The highest BCUT2D eigenvalue weighted by Crippen LogP contribution is 2.14. The predicted molar refractivity (Wildman–Crippen MR) is 84.1 cm³/mol. The van der Waals surface area contributed by atoms with Gasteiger partial charge in [-0.25, -0.2) is 5.48 Å². The molecule has 0 spiro atoms. The number of nitrogens with one attached hydrogen (secondary N) is 3. The molecular formula is C14H19N7O. The molecule has 4 N–H and O–H groups in total. The van der Waals surface area contributed by atoms with Gasteiger partial charge in [0.15, 0.2) is 0 Å².